The number of Topliss-reactive ketones (excluding diaryl/α,β-unsaturated/α-hetero) is 1. The van der Waals surface area contributed by atoms with Gasteiger partial charge in [0.2, 0.25) is 0 Å². The maximum atomic E-state index is 12.7. The molecule has 5 heteroatoms. The first-order chi connectivity index (χ1) is 13.1. The predicted octanol–water partition coefficient (Wildman–Crippen LogP) is 3.83. The number of carbonyl (C=O) groups excluding carboxylic acids is 2. The topological polar surface area (TPSA) is 73.8 Å². The van der Waals surface area contributed by atoms with Gasteiger partial charge in [0.05, 0.1) is 6.61 Å². The Hall–Kier alpha value is -3.08. The summed E-state index contributed by atoms with van der Waals surface area (Å²) in [6.45, 7) is 2.20. The van der Waals surface area contributed by atoms with Gasteiger partial charge in [-0.2, -0.15) is 0 Å². The highest BCUT2D eigenvalue weighted by Crippen LogP contribution is 2.21. The number of ketones is 1. The first kappa shape index (κ1) is 18.7. The third kappa shape index (κ3) is 4.56. The molecule has 3 aromatic rings. The van der Waals surface area contributed by atoms with Gasteiger partial charge in [0.1, 0.15) is 0 Å². The average Bonchev–Trinajstić information content (AvgIpc) is 2.99. The van der Waals surface area contributed by atoms with Crippen LogP contribution in [-0.2, 0) is 22.4 Å². The molecule has 0 unspecified atom stereocenters. The Balaban J connectivity index is 1.81. The van der Waals surface area contributed by atoms with Gasteiger partial charge in [-0.1, -0.05) is 18.2 Å². The lowest BCUT2D eigenvalue weighted by atomic mass is 10.0. The number of nitrogens with zero attached hydrogens (tertiary/aromatic N) is 1. The molecule has 140 valence electrons. The van der Waals surface area contributed by atoms with Gasteiger partial charge in [-0.3, -0.25) is 9.59 Å². The van der Waals surface area contributed by atoms with Gasteiger partial charge in [-0.25, -0.2) is 0 Å². The van der Waals surface area contributed by atoms with Crippen LogP contribution in [0.2, 0.25) is 0 Å². The van der Waals surface area contributed by atoms with Gasteiger partial charge in [-0.15, -0.1) is 0 Å². The van der Waals surface area contributed by atoms with Gasteiger partial charge < -0.3 is 14.9 Å². The second kappa shape index (κ2) is 8.54. The number of nitrogens with two attached hydrogens (primary N) is 1. The van der Waals surface area contributed by atoms with Crippen molar-refractivity contribution in [2.75, 3.05) is 12.3 Å². The Labute approximate surface area is 158 Å². The van der Waals surface area contributed by atoms with E-state index < -0.39 is 0 Å². The first-order valence-electron chi connectivity index (χ1n) is 9.20. The molecule has 0 atom stereocenters. The minimum absolute atomic E-state index is 0.0323. The summed E-state index contributed by atoms with van der Waals surface area (Å²) in [5.74, 6) is -0.152. The Morgan fingerprint density at radius 2 is 1.96 bits per heavy atom. The van der Waals surface area contributed by atoms with Gasteiger partial charge in [-0.05, 0) is 55.7 Å². The molecule has 0 aliphatic rings. The van der Waals surface area contributed by atoms with E-state index in [-0.39, 0.29) is 11.8 Å². The number of hydrogen-bond acceptors (Lipinski definition) is 4. The molecule has 0 saturated heterocycles. The third-order valence-electron chi connectivity index (χ3n) is 4.53. The van der Waals surface area contributed by atoms with Crippen LogP contribution in [0.25, 0.3) is 5.52 Å². The fourth-order valence-electron chi connectivity index (χ4n) is 3.29. The van der Waals surface area contributed by atoms with Crippen molar-refractivity contribution in [3.8, 4) is 0 Å². The van der Waals surface area contributed by atoms with Crippen molar-refractivity contribution in [2.24, 2.45) is 0 Å². The molecule has 5 nitrogen and oxygen atoms in total. The summed E-state index contributed by atoms with van der Waals surface area (Å²) in [6, 6.07) is 15.1. The summed E-state index contributed by atoms with van der Waals surface area (Å²) < 4.78 is 7.09. The minimum atomic E-state index is -0.184. The summed E-state index contributed by atoms with van der Waals surface area (Å²) in [6.07, 6.45) is 4.05. The van der Waals surface area contributed by atoms with E-state index in [4.69, 9.17) is 10.5 Å². The van der Waals surface area contributed by atoms with E-state index in [2.05, 4.69) is 4.40 Å². The van der Waals surface area contributed by atoms with Crippen LogP contribution < -0.4 is 5.73 Å². The molecule has 1 aromatic carbocycles. The summed E-state index contributed by atoms with van der Waals surface area (Å²) in [7, 11) is 0. The predicted molar refractivity (Wildman–Crippen MR) is 106 cm³/mol. The molecule has 0 radical (unpaired) electrons. The fraction of sp³-hybridized carbons (Fsp3) is 0.273. The smallest absolute Gasteiger partial charge is 0.305 e. The largest absolute Gasteiger partial charge is 0.466 e. The number of benzene rings is 1. The maximum Gasteiger partial charge on any atom is 0.305 e. The number of esters is 1. The lowest BCUT2D eigenvalue weighted by Crippen LogP contribution is -2.08. The molecule has 2 N–H and O–H groups in total. The SMILES string of the molecule is CCOC(=O)CCCc1c(CC(=O)c2cccc(N)c2)cc2ccccn12. The number of ether oxygens (including phenoxy) is 1. The van der Waals surface area contributed by atoms with Gasteiger partial charge in [0, 0.05) is 41.5 Å². The third-order valence-corrected chi connectivity index (χ3v) is 4.53. The highest BCUT2D eigenvalue weighted by atomic mass is 16.5. The zero-order valence-corrected chi connectivity index (χ0v) is 15.5. The van der Waals surface area contributed by atoms with E-state index in [9.17, 15) is 9.59 Å². The number of pyridine rings is 1. The van der Waals surface area contributed by atoms with Crippen LogP contribution in [0.4, 0.5) is 5.69 Å². The molecule has 0 aliphatic carbocycles. The van der Waals surface area contributed by atoms with Crippen molar-refractivity contribution in [1.29, 1.82) is 0 Å². The Kier molecular flexibility index (Phi) is 5.91. The van der Waals surface area contributed by atoms with Crippen molar-refractivity contribution >= 4 is 23.0 Å². The first-order valence-corrected chi connectivity index (χ1v) is 9.20. The molecule has 0 aliphatic heterocycles. The summed E-state index contributed by atoms with van der Waals surface area (Å²) in [5.41, 5.74) is 10.1. The minimum Gasteiger partial charge on any atom is -0.466 e. The quantitative estimate of drug-likeness (QED) is 0.374. The van der Waals surface area contributed by atoms with Gasteiger partial charge in [0.25, 0.3) is 0 Å². The molecule has 0 spiro atoms. The molecule has 27 heavy (non-hydrogen) atoms. The molecule has 0 fully saturated rings. The molecule has 0 amide bonds. The Bertz CT molecular complexity index is 959. The van der Waals surface area contributed by atoms with Crippen molar-refractivity contribution < 1.29 is 14.3 Å². The fourth-order valence-corrected chi connectivity index (χ4v) is 3.29. The second-order valence-electron chi connectivity index (χ2n) is 6.50. The maximum absolute atomic E-state index is 12.7. The highest BCUT2D eigenvalue weighted by Gasteiger charge is 2.15. The summed E-state index contributed by atoms with van der Waals surface area (Å²) in [4.78, 5) is 24.3. The number of anilines is 1. The number of carbonyl (C=O) groups is 2. The van der Waals surface area contributed by atoms with Crippen molar-refractivity contribution in [3.05, 3.63) is 71.5 Å². The highest BCUT2D eigenvalue weighted by molar-refractivity contribution is 5.98. The number of nitrogen functional groups attached to an aromatic ring is 1. The van der Waals surface area contributed by atoms with Crippen LogP contribution in [0.3, 0.4) is 0 Å². The molecule has 2 aromatic heterocycles. The Morgan fingerprint density at radius 1 is 1.11 bits per heavy atom. The van der Waals surface area contributed by atoms with E-state index in [1.165, 1.54) is 0 Å². The van der Waals surface area contributed by atoms with E-state index in [0.717, 1.165) is 16.8 Å². The number of fused-ring (bicyclic) bond motifs is 1. The number of aryl methyl sites for hydroxylation is 1. The van der Waals surface area contributed by atoms with Crippen LogP contribution in [0.1, 0.15) is 41.4 Å². The van der Waals surface area contributed by atoms with Gasteiger partial charge in [0.15, 0.2) is 5.78 Å². The van der Waals surface area contributed by atoms with E-state index in [1.54, 1.807) is 31.2 Å². The molecule has 3 rings (SSSR count). The summed E-state index contributed by atoms with van der Waals surface area (Å²) >= 11 is 0. The van der Waals surface area contributed by atoms with Crippen molar-refractivity contribution in [1.82, 2.24) is 4.40 Å². The average molecular weight is 364 g/mol. The van der Waals surface area contributed by atoms with Crippen LogP contribution in [0, 0.1) is 0 Å². The Morgan fingerprint density at radius 3 is 2.74 bits per heavy atom. The standard InChI is InChI=1S/C22H24N2O3/c1-2-27-22(26)11-6-10-20-17(14-19-9-3-4-12-24(19)20)15-21(25)16-7-5-8-18(23)13-16/h3-5,7-9,12-14H,2,6,10-11,15,23H2,1H3. The van der Waals surface area contributed by atoms with E-state index in [0.29, 0.717) is 43.5 Å². The normalized spacial score (nSPS) is 10.9. The van der Waals surface area contributed by atoms with Gasteiger partial charge >= 0.3 is 5.97 Å². The zero-order valence-electron chi connectivity index (χ0n) is 15.5. The molecule has 2 heterocycles. The number of rotatable bonds is 8. The van der Waals surface area contributed by atoms with Crippen LogP contribution in [-0.4, -0.2) is 22.8 Å². The lowest BCUT2D eigenvalue weighted by molar-refractivity contribution is -0.143. The second-order valence-corrected chi connectivity index (χ2v) is 6.50. The zero-order chi connectivity index (χ0) is 19.2. The lowest BCUT2D eigenvalue weighted by Gasteiger charge is -2.07. The molecule has 0 bridgehead atoms. The van der Waals surface area contributed by atoms with Crippen molar-refractivity contribution in [2.45, 2.75) is 32.6 Å². The number of aromatic nitrogens is 1. The van der Waals surface area contributed by atoms with Crippen LogP contribution >= 0.6 is 0 Å². The molecular weight excluding hydrogens is 340 g/mol. The van der Waals surface area contributed by atoms with Crippen molar-refractivity contribution in [3.63, 3.8) is 0 Å². The number of hydrogen-bond donors (Lipinski definition) is 1. The van der Waals surface area contributed by atoms with Crippen LogP contribution in [0.15, 0.2) is 54.7 Å². The van der Waals surface area contributed by atoms with Crippen LogP contribution in [0.5, 0.6) is 0 Å². The van der Waals surface area contributed by atoms with E-state index in [1.807, 2.05) is 30.5 Å². The monoisotopic (exact) mass is 364 g/mol. The molecular formula is C22H24N2O3. The summed E-state index contributed by atoms with van der Waals surface area (Å²) in [5, 5.41) is 0. The molecule has 0 saturated carbocycles. The van der Waals surface area contributed by atoms with E-state index >= 15 is 0 Å².